The van der Waals surface area contributed by atoms with Crippen molar-refractivity contribution in [3.8, 4) is 0 Å². The lowest BCUT2D eigenvalue weighted by Crippen LogP contribution is -2.59. The average molecular weight is 539 g/mol. The number of pyridine rings is 1. The zero-order valence-electron chi connectivity index (χ0n) is 22.4. The average Bonchev–Trinajstić information content (AvgIpc) is 3.35. The summed E-state index contributed by atoms with van der Waals surface area (Å²) < 4.78 is 1.42. The van der Waals surface area contributed by atoms with E-state index in [1.165, 1.54) is 17.4 Å². The van der Waals surface area contributed by atoms with E-state index in [-0.39, 0.29) is 16.9 Å². The second-order valence-electron chi connectivity index (χ2n) is 9.99. The fourth-order valence-electron chi connectivity index (χ4n) is 4.55. The molecule has 1 saturated heterocycles. The van der Waals surface area contributed by atoms with Crippen molar-refractivity contribution in [2.75, 3.05) is 38.6 Å². The molecule has 202 valence electrons. The quantitative estimate of drug-likeness (QED) is 0.411. The monoisotopic (exact) mass is 538 g/mol. The number of nitrogens with zero attached hydrogens (tertiary/aromatic N) is 6. The number of Topliss-reactive ketones (excluding diaryl/α,β-unsaturated/α-hetero) is 1. The third-order valence-electron chi connectivity index (χ3n) is 6.76. The van der Waals surface area contributed by atoms with Gasteiger partial charge in [0.2, 0.25) is 0 Å². The van der Waals surface area contributed by atoms with E-state index in [9.17, 15) is 19.5 Å². The van der Waals surface area contributed by atoms with Crippen LogP contribution in [0.4, 0.5) is 5.82 Å². The summed E-state index contributed by atoms with van der Waals surface area (Å²) in [5.74, 6) is -0.508. The van der Waals surface area contributed by atoms with Crippen molar-refractivity contribution in [2.24, 2.45) is 0 Å². The van der Waals surface area contributed by atoms with E-state index >= 15 is 0 Å². The molecule has 0 saturated carbocycles. The highest BCUT2D eigenvalue weighted by molar-refractivity contribution is 7.09. The number of carbonyl (C=O) groups is 2. The van der Waals surface area contributed by atoms with Crippen LogP contribution in [0.3, 0.4) is 0 Å². The van der Waals surface area contributed by atoms with Crippen molar-refractivity contribution in [3.05, 3.63) is 62.0 Å². The van der Waals surface area contributed by atoms with E-state index in [4.69, 9.17) is 9.97 Å². The molecule has 3 aromatic rings. The molecule has 10 nitrogen and oxygen atoms in total. The first-order chi connectivity index (χ1) is 18.0. The van der Waals surface area contributed by atoms with Crippen molar-refractivity contribution in [3.63, 3.8) is 0 Å². The molecule has 1 N–H and O–H groups in total. The van der Waals surface area contributed by atoms with Gasteiger partial charge in [-0.05, 0) is 43.0 Å². The van der Waals surface area contributed by atoms with E-state index in [0.29, 0.717) is 37.0 Å². The maximum Gasteiger partial charge on any atom is 0.328 e. The number of aliphatic carboxylic acids is 1. The molecular formula is C27H34N6O4S. The van der Waals surface area contributed by atoms with Crippen molar-refractivity contribution in [1.29, 1.82) is 0 Å². The van der Waals surface area contributed by atoms with Crippen molar-refractivity contribution in [1.82, 2.24) is 24.4 Å². The molecule has 0 radical (unpaired) electrons. The summed E-state index contributed by atoms with van der Waals surface area (Å²) in [4.78, 5) is 48.9. The highest BCUT2D eigenvalue weighted by atomic mass is 32.1. The van der Waals surface area contributed by atoms with Gasteiger partial charge in [0.15, 0.2) is 5.78 Å². The first-order valence-corrected chi connectivity index (χ1v) is 13.5. The Morgan fingerprint density at radius 3 is 2.63 bits per heavy atom. The van der Waals surface area contributed by atoms with Crippen LogP contribution in [0.5, 0.6) is 0 Å². The minimum Gasteiger partial charge on any atom is -0.478 e. The summed E-state index contributed by atoms with van der Waals surface area (Å²) in [6.45, 7) is 7.31. The smallest absolute Gasteiger partial charge is 0.328 e. The number of hydrazine groups is 1. The lowest BCUT2D eigenvalue weighted by molar-refractivity contribution is -0.131. The van der Waals surface area contributed by atoms with Gasteiger partial charge in [-0.3, -0.25) is 14.0 Å². The van der Waals surface area contributed by atoms with Crippen molar-refractivity contribution >= 4 is 40.6 Å². The molecule has 0 aliphatic carbocycles. The summed E-state index contributed by atoms with van der Waals surface area (Å²) in [6.07, 6.45) is 5.41. The Hall–Kier alpha value is -3.41. The number of carboxylic acid groups (broad SMARTS) is 1. The van der Waals surface area contributed by atoms with Crippen molar-refractivity contribution < 1.29 is 14.7 Å². The summed E-state index contributed by atoms with van der Waals surface area (Å²) in [5.41, 5.74) is 2.32. The number of fused-ring (bicyclic) bond motifs is 1. The molecule has 38 heavy (non-hydrogen) atoms. The molecule has 1 atom stereocenters. The molecule has 0 bridgehead atoms. The molecule has 0 amide bonds. The first kappa shape index (κ1) is 27.6. The lowest BCUT2D eigenvalue weighted by atomic mass is 10.1. The van der Waals surface area contributed by atoms with Gasteiger partial charge in [0.25, 0.3) is 5.56 Å². The Labute approximate surface area is 225 Å². The number of ketones is 1. The van der Waals surface area contributed by atoms with Gasteiger partial charge in [-0.1, -0.05) is 13.8 Å². The van der Waals surface area contributed by atoms with Gasteiger partial charge in [0, 0.05) is 57.8 Å². The molecule has 4 rings (SSSR count). The van der Waals surface area contributed by atoms with E-state index in [2.05, 4.69) is 24.2 Å². The summed E-state index contributed by atoms with van der Waals surface area (Å²) in [6, 6.07) is 3.23. The van der Waals surface area contributed by atoms with Crippen LogP contribution in [-0.4, -0.2) is 81.0 Å². The van der Waals surface area contributed by atoms with Crippen LogP contribution >= 0.6 is 11.3 Å². The minimum atomic E-state index is -1.17. The topological polar surface area (TPSA) is 111 Å². The fourth-order valence-corrected chi connectivity index (χ4v) is 5.51. The molecule has 4 heterocycles. The van der Waals surface area contributed by atoms with E-state index in [0.717, 1.165) is 35.2 Å². The number of anilines is 1. The Morgan fingerprint density at radius 2 is 2.00 bits per heavy atom. The maximum absolute atomic E-state index is 13.6. The summed E-state index contributed by atoms with van der Waals surface area (Å²) in [7, 11) is 3.84. The zero-order chi connectivity index (χ0) is 27.6. The largest absolute Gasteiger partial charge is 0.478 e. The van der Waals surface area contributed by atoms with Gasteiger partial charge in [0.05, 0.1) is 16.3 Å². The molecule has 1 fully saturated rings. The summed E-state index contributed by atoms with van der Waals surface area (Å²) >= 11 is 1.66. The van der Waals surface area contributed by atoms with Crippen LogP contribution in [0.2, 0.25) is 0 Å². The molecule has 0 aromatic carbocycles. The number of piperazine rings is 1. The van der Waals surface area contributed by atoms with Crippen LogP contribution < -0.4 is 10.5 Å². The fraction of sp³-hybridized carbons (Fsp3) is 0.444. The standard InChI is InChI=1S/C27H34N6O4S/c1-17(2)21-16-38-24(28-21)8-6-19-10-11-33-23(14-19)29-26(20(27(33)37)7-9-25(35)36)32-13-12-31(30(4)5)15-22(32)18(3)34/h7,9-11,14,16-17,22H,6,8,12-13,15H2,1-5H3,(H,35,36). The number of aromatic nitrogens is 3. The van der Waals surface area contributed by atoms with Crippen LogP contribution in [0.25, 0.3) is 11.7 Å². The van der Waals surface area contributed by atoms with Gasteiger partial charge in [-0.25, -0.2) is 24.8 Å². The normalized spacial score (nSPS) is 16.8. The number of aryl methyl sites for hydroxylation is 2. The molecule has 1 aliphatic rings. The third kappa shape index (κ3) is 6.01. The molecule has 1 unspecified atom stereocenters. The van der Waals surface area contributed by atoms with Gasteiger partial charge < -0.3 is 10.0 Å². The van der Waals surface area contributed by atoms with E-state index < -0.39 is 12.0 Å². The Bertz CT molecular complexity index is 1430. The number of carboxylic acids is 1. The third-order valence-corrected chi connectivity index (χ3v) is 7.68. The number of carbonyl (C=O) groups excluding carboxylic acids is 1. The molecular weight excluding hydrogens is 504 g/mol. The number of thiazole rings is 1. The maximum atomic E-state index is 13.6. The van der Waals surface area contributed by atoms with Gasteiger partial charge in [-0.2, -0.15) is 0 Å². The second-order valence-corrected chi connectivity index (χ2v) is 10.9. The number of hydrogen-bond acceptors (Lipinski definition) is 9. The van der Waals surface area contributed by atoms with Crippen LogP contribution in [0.15, 0.2) is 34.6 Å². The van der Waals surface area contributed by atoms with Gasteiger partial charge in [0.1, 0.15) is 17.5 Å². The number of hydrogen-bond donors (Lipinski definition) is 1. The molecule has 3 aromatic heterocycles. The minimum absolute atomic E-state index is 0.0512. The second kappa shape index (κ2) is 11.5. The Balaban J connectivity index is 1.74. The first-order valence-electron chi connectivity index (χ1n) is 12.6. The Morgan fingerprint density at radius 1 is 1.24 bits per heavy atom. The Kier molecular flexibility index (Phi) is 8.39. The molecule has 0 spiro atoms. The SMILES string of the molecule is CC(=O)C1CN(N(C)C)CCN1c1nc2cc(CCc3nc(C(C)C)cs3)ccn2c(=O)c1C=CC(=O)O. The highest BCUT2D eigenvalue weighted by Gasteiger charge is 2.34. The summed E-state index contributed by atoms with van der Waals surface area (Å²) in [5, 5.41) is 16.4. The predicted molar refractivity (Wildman–Crippen MR) is 149 cm³/mol. The van der Waals surface area contributed by atoms with Gasteiger partial charge >= 0.3 is 5.97 Å². The lowest BCUT2D eigenvalue weighted by Gasteiger charge is -2.43. The van der Waals surface area contributed by atoms with Crippen molar-refractivity contribution in [2.45, 2.75) is 45.6 Å². The van der Waals surface area contributed by atoms with Crippen LogP contribution in [0.1, 0.15) is 48.5 Å². The van der Waals surface area contributed by atoms with Crippen LogP contribution in [0, 0.1) is 0 Å². The predicted octanol–water partition coefficient (Wildman–Crippen LogP) is 2.71. The molecule has 11 heteroatoms. The number of rotatable bonds is 9. The van der Waals surface area contributed by atoms with Crippen LogP contribution in [-0.2, 0) is 22.4 Å². The van der Waals surface area contributed by atoms with E-state index in [1.807, 2.05) is 36.1 Å². The highest BCUT2D eigenvalue weighted by Crippen LogP contribution is 2.25. The zero-order valence-corrected chi connectivity index (χ0v) is 23.2. The van der Waals surface area contributed by atoms with E-state index in [1.54, 1.807) is 17.5 Å². The van der Waals surface area contributed by atoms with Gasteiger partial charge in [-0.15, -0.1) is 11.3 Å². The molecule has 1 aliphatic heterocycles.